The highest BCUT2D eigenvalue weighted by Crippen LogP contribution is 2.16. The quantitative estimate of drug-likeness (QED) is 0.682. The lowest BCUT2D eigenvalue weighted by molar-refractivity contribution is -0.124. The van der Waals surface area contributed by atoms with E-state index in [2.05, 4.69) is 10.6 Å². The largest absolute Gasteiger partial charge is 0.478 e. The molecule has 7 nitrogen and oxygen atoms in total. The van der Waals surface area contributed by atoms with E-state index in [0.29, 0.717) is 18.8 Å². The average molecular weight is 382 g/mol. The molecule has 0 saturated carbocycles. The van der Waals surface area contributed by atoms with Gasteiger partial charge in [0.25, 0.3) is 5.91 Å². The number of carbonyl (C=O) groups excluding carboxylic acids is 2. The Balaban J connectivity index is 1.50. The van der Waals surface area contributed by atoms with Crippen LogP contribution in [0, 0.1) is 0 Å². The van der Waals surface area contributed by atoms with Gasteiger partial charge in [-0.05, 0) is 48.2 Å². The predicted molar refractivity (Wildman–Crippen MR) is 103 cm³/mol. The van der Waals surface area contributed by atoms with Crippen LogP contribution >= 0.6 is 0 Å². The van der Waals surface area contributed by atoms with E-state index >= 15 is 0 Å². The molecule has 0 spiro atoms. The third-order valence-corrected chi connectivity index (χ3v) is 4.47. The first kappa shape index (κ1) is 19.6. The minimum Gasteiger partial charge on any atom is -0.478 e. The number of carboxylic acids is 1. The first-order valence-electron chi connectivity index (χ1n) is 9.11. The number of benzene rings is 2. The van der Waals surface area contributed by atoms with E-state index in [1.165, 1.54) is 12.1 Å². The Morgan fingerprint density at radius 3 is 2.54 bits per heavy atom. The van der Waals surface area contributed by atoms with E-state index < -0.39 is 12.1 Å². The molecule has 1 heterocycles. The number of carboxylic acid groups (broad SMARTS) is 1. The fourth-order valence-corrected chi connectivity index (χ4v) is 2.98. The molecule has 1 fully saturated rings. The lowest BCUT2D eigenvalue weighted by Crippen LogP contribution is -2.27. The fourth-order valence-electron chi connectivity index (χ4n) is 2.98. The highest BCUT2D eigenvalue weighted by atomic mass is 16.5. The molecule has 2 aromatic carbocycles. The van der Waals surface area contributed by atoms with E-state index in [1.807, 2.05) is 18.2 Å². The maximum atomic E-state index is 12.1. The highest BCUT2D eigenvalue weighted by Gasteiger charge is 2.23. The number of ether oxygens (including phenoxy) is 1. The summed E-state index contributed by atoms with van der Waals surface area (Å²) in [5.41, 5.74) is 2.45. The topological polar surface area (TPSA) is 105 Å². The predicted octanol–water partition coefficient (Wildman–Crippen LogP) is 2.36. The number of nitrogens with one attached hydrogen (secondary N) is 2. The summed E-state index contributed by atoms with van der Waals surface area (Å²) in [5.74, 6) is -1.32. The molecular formula is C21H22N2O5. The number of hydrogen-bond donors (Lipinski definition) is 3. The van der Waals surface area contributed by atoms with Crippen LogP contribution in [0.4, 0.5) is 5.69 Å². The molecule has 2 aromatic rings. The van der Waals surface area contributed by atoms with Gasteiger partial charge in [-0.3, -0.25) is 9.59 Å². The zero-order valence-electron chi connectivity index (χ0n) is 15.3. The van der Waals surface area contributed by atoms with Crippen LogP contribution in [0.1, 0.15) is 34.3 Å². The third-order valence-electron chi connectivity index (χ3n) is 4.47. The second-order valence-corrected chi connectivity index (χ2v) is 6.65. The van der Waals surface area contributed by atoms with Crippen molar-refractivity contribution in [3.8, 4) is 0 Å². The second-order valence-electron chi connectivity index (χ2n) is 6.65. The third kappa shape index (κ3) is 5.40. The van der Waals surface area contributed by atoms with E-state index in [1.54, 1.807) is 18.2 Å². The molecule has 1 unspecified atom stereocenters. The van der Waals surface area contributed by atoms with Crippen molar-refractivity contribution in [2.45, 2.75) is 31.9 Å². The molecule has 0 aliphatic carbocycles. The molecule has 146 valence electrons. The number of anilines is 1. The number of hydrogen-bond acceptors (Lipinski definition) is 4. The normalized spacial score (nSPS) is 15.8. The fraction of sp³-hybridized carbons (Fsp3) is 0.286. The molecule has 1 atom stereocenters. The summed E-state index contributed by atoms with van der Waals surface area (Å²) in [5, 5.41) is 14.6. The molecule has 2 amide bonds. The summed E-state index contributed by atoms with van der Waals surface area (Å²) >= 11 is 0. The standard InChI is InChI=1S/C21H22N2O5/c24-19(12-14-6-8-16(9-7-14)21(26)27)22-13-15-3-1-4-17(11-15)23-20(25)18-5-2-10-28-18/h1,3-4,6-9,11,18H,2,5,10,12-13H2,(H,22,24)(H,23,25)(H,26,27). The van der Waals surface area contributed by atoms with Crippen LogP contribution in [0.25, 0.3) is 0 Å². The SMILES string of the molecule is O=C(Cc1ccc(C(=O)O)cc1)NCc1cccc(NC(=O)C2CCCO2)c1. The molecule has 1 saturated heterocycles. The molecule has 1 aliphatic rings. The summed E-state index contributed by atoms with van der Waals surface area (Å²) in [6, 6.07) is 13.5. The maximum Gasteiger partial charge on any atom is 0.335 e. The van der Waals surface area contributed by atoms with Gasteiger partial charge >= 0.3 is 5.97 Å². The first-order chi connectivity index (χ1) is 13.5. The van der Waals surface area contributed by atoms with E-state index in [0.717, 1.165) is 24.0 Å². The summed E-state index contributed by atoms with van der Waals surface area (Å²) in [4.78, 5) is 35.1. The summed E-state index contributed by atoms with van der Waals surface area (Å²) < 4.78 is 5.37. The molecule has 1 aliphatic heterocycles. The average Bonchev–Trinajstić information content (AvgIpc) is 3.22. The van der Waals surface area contributed by atoms with Gasteiger partial charge in [-0.1, -0.05) is 24.3 Å². The van der Waals surface area contributed by atoms with Gasteiger partial charge in [-0.15, -0.1) is 0 Å². The van der Waals surface area contributed by atoms with Crippen LogP contribution in [0.2, 0.25) is 0 Å². The number of rotatable bonds is 7. The van der Waals surface area contributed by atoms with Gasteiger partial charge in [0, 0.05) is 18.8 Å². The van der Waals surface area contributed by atoms with Crippen LogP contribution in [-0.4, -0.2) is 35.6 Å². The van der Waals surface area contributed by atoms with E-state index in [4.69, 9.17) is 9.84 Å². The smallest absolute Gasteiger partial charge is 0.335 e. The van der Waals surface area contributed by atoms with Crippen molar-refractivity contribution < 1.29 is 24.2 Å². The van der Waals surface area contributed by atoms with Crippen LogP contribution < -0.4 is 10.6 Å². The molecule has 0 bridgehead atoms. The Labute approximate surface area is 162 Å². The van der Waals surface area contributed by atoms with Crippen molar-refractivity contribution in [1.82, 2.24) is 5.32 Å². The van der Waals surface area contributed by atoms with Gasteiger partial charge in [0.1, 0.15) is 6.10 Å². The zero-order chi connectivity index (χ0) is 19.9. The summed E-state index contributed by atoms with van der Waals surface area (Å²) in [6.45, 7) is 0.943. The molecule has 3 rings (SSSR count). The van der Waals surface area contributed by atoms with Crippen molar-refractivity contribution in [2.24, 2.45) is 0 Å². The maximum absolute atomic E-state index is 12.1. The van der Waals surface area contributed by atoms with Crippen molar-refractivity contribution in [1.29, 1.82) is 0 Å². The summed E-state index contributed by atoms with van der Waals surface area (Å²) in [7, 11) is 0. The number of amides is 2. The minimum absolute atomic E-state index is 0.150. The molecule has 0 radical (unpaired) electrons. The van der Waals surface area contributed by atoms with E-state index in [9.17, 15) is 14.4 Å². The van der Waals surface area contributed by atoms with Gasteiger partial charge in [-0.2, -0.15) is 0 Å². The van der Waals surface area contributed by atoms with Crippen molar-refractivity contribution >= 4 is 23.5 Å². The second kappa shape index (κ2) is 9.14. The lowest BCUT2D eigenvalue weighted by Gasteiger charge is -2.12. The van der Waals surface area contributed by atoms with Crippen LogP contribution in [0.3, 0.4) is 0 Å². The number of aromatic carboxylic acids is 1. The monoisotopic (exact) mass is 382 g/mol. The van der Waals surface area contributed by atoms with Gasteiger partial charge in [0.05, 0.1) is 12.0 Å². The van der Waals surface area contributed by atoms with Gasteiger partial charge in [-0.25, -0.2) is 4.79 Å². The lowest BCUT2D eigenvalue weighted by atomic mass is 10.1. The zero-order valence-corrected chi connectivity index (χ0v) is 15.3. The number of carbonyl (C=O) groups is 3. The Bertz CT molecular complexity index is 857. The van der Waals surface area contributed by atoms with Crippen molar-refractivity contribution in [3.05, 3.63) is 65.2 Å². The van der Waals surface area contributed by atoms with Crippen LogP contribution in [0.5, 0.6) is 0 Å². The molecular weight excluding hydrogens is 360 g/mol. The molecule has 7 heteroatoms. The van der Waals surface area contributed by atoms with Gasteiger partial charge < -0.3 is 20.5 Å². The molecule has 0 aromatic heterocycles. The van der Waals surface area contributed by atoms with Crippen molar-refractivity contribution in [2.75, 3.05) is 11.9 Å². The van der Waals surface area contributed by atoms with Crippen LogP contribution in [-0.2, 0) is 27.3 Å². The Kier molecular flexibility index (Phi) is 6.39. The first-order valence-corrected chi connectivity index (χ1v) is 9.11. The van der Waals surface area contributed by atoms with E-state index in [-0.39, 0.29) is 23.8 Å². The van der Waals surface area contributed by atoms with Crippen molar-refractivity contribution in [3.63, 3.8) is 0 Å². The summed E-state index contributed by atoms with van der Waals surface area (Å²) in [6.07, 6.45) is 1.39. The Hall–Kier alpha value is -3.19. The molecule has 3 N–H and O–H groups in total. The highest BCUT2D eigenvalue weighted by molar-refractivity contribution is 5.94. The van der Waals surface area contributed by atoms with Crippen LogP contribution in [0.15, 0.2) is 48.5 Å². The minimum atomic E-state index is -0.998. The molecule has 28 heavy (non-hydrogen) atoms. The Morgan fingerprint density at radius 2 is 1.86 bits per heavy atom. The Morgan fingerprint density at radius 1 is 1.07 bits per heavy atom. The van der Waals surface area contributed by atoms with Gasteiger partial charge in [0.15, 0.2) is 0 Å². The van der Waals surface area contributed by atoms with Gasteiger partial charge in [0.2, 0.25) is 5.91 Å².